The van der Waals surface area contributed by atoms with E-state index < -0.39 is 0 Å². The van der Waals surface area contributed by atoms with Gasteiger partial charge in [-0.2, -0.15) is 4.98 Å². The Hall–Kier alpha value is -1.23. The number of nitrogens with zero attached hydrogens (tertiary/aromatic N) is 2. The Kier molecular flexibility index (Phi) is 3.13. The molecule has 5 heteroatoms. The fraction of sp³-hybridized carbons (Fsp3) is 0.625. The minimum Gasteiger partial charge on any atom is -0.374 e. The first-order valence-electron chi connectivity index (χ1n) is 3.98. The molecule has 0 radical (unpaired) electrons. The Morgan fingerprint density at radius 2 is 2.38 bits per heavy atom. The normalized spacial score (nSPS) is 12.8. The summed E-state index contributed by atoms with van der Waals surface area (Å²) < 4.78 is 9.82. The van der Waals surface area contributed by atoms with E-state index in [-0.39, 0.29) is 18.3 Å². The van der Waals surface area contributed by atoms with Gasteiger partial charge in [0, 0.05) is 7.11 Å². The first-order chi connectivity index (χ1) is 6.13. The second-order valence-electron chi connectivity index (χ2n) is 2.80. The predicted octanol–water partition coefficient (Wildman–Crippen LogP) is 0.908. The summed E-state index contributed by atoms with van der Waals surface area (Å²) in [6, 6.07) is 0. The van der Waals surface area contributed by atoms with Crippen molar-refractivity contribution in [3.05, 3.63) is 11.7 Å². The molecule has 1 heterocycles. The molecule has 5 nitrogen and oxygen atoms in total. The Morgan fingerprint density at radius 3 is 2.92 bits per heavy atom. The fourth-order valence-corrected chi connectivity index (χ4v) is 0.823. The van der Waals surface area contributed by atoms with Crippen LogP contribution >= 0.6 is 0 Å². The SMILES string of the molecule is COC(C)c1noc(CC(C)=O)n1. The number of rotatable bonds is 4. The number of carbonyl (C=O) groups excluding carboxylic acids is 1. The molecule has 0 aromatic carbocycles. The lowest BCUT2D eigenvalue weighted by Gasteiger charge is -2.00. The number of hydrogen-bond donors (Lipinski definition) is 0. The molecule has 0 fully saturated rings. The maximum absolute atomic E-state index is 10.7. The summed E-state index contributed by atoms with van der Waals surface area (Å²) in [4.78, 5) is 14.7. The van der Waals surface area contributed by atoms with E-state index in [1.807, 2.05) is 6.92 Å². The maximum Gasteiger partial charge on any atom is 0.234 e. The highest BCUT2D eigenvalue weighted by Gasteiger charge is 2.13. The molecule has 0 aliphatic rings. The number of carbonyl (C=O) groups is 1. The Morgan fingerprint density at radius 1 is 1.69 bits per heavy atom. The minimum absolute atomic E-state index is 0.000250. The molecule has 72 valence electrons. The van der Waals surface area contributed by atoms with Gasteiger partial charge in [-0.05, 0) is 13.8 Å². The molecule has 0 spiro atoms. The van der Waals surface area contributed by atoms with Crippen LogP contribution in [0.3, 0.4) is 0 Å². The molecule has 0 N–H and O–H groups in total. The minimum atomic E-state index is -0.204. The third-order valence-electron chi connectivity index (χ3n) is 1.60. The van der Waals surface area contributed by atoms with Gasteiger partial charge in [0.15, 0.2) is 5.82 Å². The van der Waals surface area contributed by atoms with Crippen LogP contribution in [0.15, 0.2) is 4.52 Å². The van der Waals surface area contributed by atoms with Crippen molar-refractivity contribution in [1.82, 2.24) is 10.1 Å². The zero-order valence-electron chi connectivity index (χ0n) is 7.90. The molecular formula is C8H12N2O3. The van der Waals surface area contributed by atoms with Gasteiger partial charge in [-0.25, -0.2) is 0 Å². The van der Waals surface area contributed by atoms with Gasteiger partial charge in [0.05, 0.1) is 6.42 Å². The first-order valence-corrected chi connectivity index (χ1v) is 3.98. The fourth-order valence-electron chi connectivity index (χ4n) is 0.823. The Balaban J connectivity index is 2.68. The van der Waals surface area contributed by atoms with Gasteiger partial charge in [0.25, 0.3) is 0 Å². The first kappa shape index (κ1) is 9.85. The van der Waals surface area contributed by atoms with Crippen LogP contribution in [0.4, 0.5) is 0 Å². The summed E-state index contributed by atoms with van der Waals surface area (Å²) >= 11 is 0. The average molecular weight is 184 g/mol. The number of Topliss-reactive ketones (excluding diaryl/α,β-unsaturated/α-hetero) is 1. The molecule has 1 unspecified atom stereocenters. The van der Waals surface area contributed by atoms with Crippen LogP contribution in [0.5, 0.6) is 0 Å². The highest BCUT2D eigenvalue weighted by Crippen LogP contribution is 2.11. The summed E-state index contributed by atoms with van der Waals surface area (Å²) in [6.07, 6.45) is -0.0202. The van der Waals surface area contributed by atoms with Crippen LogP contribution in [0.25, 0.3) is 0 Å². The number of ketones is 1. The van der Waals surface area contributed by atoms with Gasteiger partial charge in [-0.15, -0.1) is 0 Å². The second-order valence-corrected chi connectivity index (χ2v) is 2.80. The highest BCUT2D eigenvalue weighted by molar-refractivity contribution is 5.77. The summed E-state index contributed by atoms with van der Waals surface area (Å²) in [5.41, 5.74) is 0. The molecule has 1 aromatic rings. The van der Waals surface area contributed by atoms with E-state index in [0.717, 1.165) is 0 Å². The Bertz CT molecular complexity index is 295. The van der Waals surface area contributed by atoms with Crippen LogP contribution in [-0.2, 0) is 16.0 Å². The monoisotopic (exact) mass is 184 g/mol. The van der Waals surface area contributed by atoms with Crippen molar-refractivity contribution in [1.29, 1.82) is 0 Å². The molecule has 0 saturated heterocycles. The topological polar surface area (TPSA) is 65.2 Å². The van der Waals surface area contributed by atoms with Gasteiger partial charge in [0.2, 0.25) is 5.89 Å². The van der Waals surface area contributed by atoms with Crippen LogP contribution < -0.4 is 0 Å². The number of ether oxygens (including phenoxy) is 1. The van der Waals surface area contributed by atoms with Gasteiger partial charge < -0.3 is 9.26 Å². The summed E-state index contributed by atoms with van der Waals surface area (Å²) in [7, 11) is 1.56. The van der Waals surface area contributed by atoms with Crippen LogP contribution in [0.1, 0.15) is 31.7 Å². The molecule has 0 aliphatic carbocycles. The lowest BCUT2D eigenvalue weighted by Crippen LogP contribution is -2.00. The smallest absolute Gasteiger partial charge is 0.234 e. The van der Waals surface area contributed by atoms with Gasteiger partial charge in [0.1, 0.15) is 11.9 Å². The molecule has 13 heavy (non-hydrogen) atoms. The van der Waals surface area contributed by atoms with E-state index in [0.29, 0.717) is 11.7 Å². The van der Waals surface area contributed by atoms with E-state index in [9.17, 15) is 4.79 Å². The van der Waals surface area contributed by atoms with Crippen LogP contribution in [0.2, 0.25) is 0 Å². The number of aromatic nitrogens is 2. The van der Waals surface area contributed by atoms with Gasteiger partial charge >= 0.3 is 0 Å². The standard InChI is InChI=1S/C8H12N2O3/c1-5(11)4-7-9-8(10-13-7)6(2)12-3/h6H,4H2,1-3H3. The molecule has 0 amide bonds. The summed E-state index contributed by atoms with van der Waals surface area (Å²) in [5, 5.41) is 3.68. The van der Waals surface area contributed by atoms with Crippen molar-refractivity contribution in [3.8, 4) is 0 Å². The molecule has 0 bridgehead atoms. The van der Waals surface area contributed by atoms with E-state index in [1.165, 1.54) is 6.92 Å². The quantitative estimate of drug-likeness (QED) is 0.695. The molecule has 0 saturated carbocycles. The van der Waals surface area contributed by atoms with E-state index in [1.54, 1.807) is 7.11 Å². The lowest BCUT2D eigenvalue weighted by molar-refractivity contribution is -0.116. The van der Waals surface area contributed by atoms with Crippen LogP contribution in [0, 0.1) is 0 Å². The maximum atomic E-state index is 10.7. The summed E-state index contributed by atoms with van der Waals surface area (Å²) in [5.74, 6) is 0.811. The van der Waals surface area contributed by atoms with E-state index >= 15 is 0 Å². The summed E-state index contributed by atoms with van der Waals surface area (Å²) in [6.45, 7) is 3.28. The molecule has 1 rings (SSSR count). The van der Waals surface area contributed by atoms with Crippen LogP contribution in [-0.4, -0.2) is 23.0 Å². The van der Waals surface area contributed by atoms with Gasteiger partial charge in [-0.1, -0.05) is 5.16 Å². The zero-order valence-corrected chi connectivity index (χ0v) is 7.90. The van der Waals surface area contributed by atoms with Gasteiger partial charge in [-0.3, -0.25) is 4.79 Å². The third-order valence-corrected chi connectivity index (χ3v) is 1.60. The van der Waals surface area contributed by atoms with Crippen molar-refractivity contribution < 1.29 is 14.1 Å². The largest absolute Gasteiger partial charge is 0.374 e. The average Bonchev–Trinajstić information content (AvgIpc) is 2.50. The highest BCUT2D eigenvalue weighted by atomic mass is 16.5. The molecule has 1 atom stereocenters. The number of hydrogen-bond acceptors (Lipinski definition) is 5. The molecular weight excluding hydrogens is 172 g/mol. The van der Waals surface area contributed by atoms with E-state index in [4.69, 9.17) is 9.26 Å². The lowest BCUT2D eigenvalue weighted by atomic mass is 10.3. The van der Waals surface area contributed by atoms with Crippen molar-refractivity contribution in [2.45, 2.75) is 26.4 Å². The molecule has 1 aromatic heterocycles. The predicted molar refractivity (Wildman–Crippen MR) is 44.1 cm³/mol. The van der Waals surface area contributed by atoms with Crippen molar-refractivity contribution in [2.24, 2.45) is 0 Å². The number of methoxy groups -OCH3 is 1. The third kappa shape index (κ3) is 2.62. The molecule has 0 aliphatic heterocycles. The Labute approximate surface area is 76.1 Å². The zero-order chi connectivity index (χ0) is 9.84. The van der Waals surface area contributed by atoms with E-state index in [2.05, 4.69) is 10.1 Å². The second kappa shape index (κ2) is 4.13. The van der Waals surface area contributed by atoms with Crippen molar-refractivity contribution in [2.75, 3.05) is 7.11 Å². The van der Waals surface area contributed by atoms with Crippen molar-refractivity contribution >= 4 is 5.78 Å². The van der Waals surface area contributed by atoms with Crippen molar-refractivity contribution in [3.63, 3.8) is 0 Å².